The Morgan fingerprint density at radius 1 is 1.43 bits per heavy atom. The van der Waals surface area contributed by atoms with Gasteiger partial charge in [-0.05, 0) is 47.6 Å². The molecular weight excluding hydrogens is 374 g/mol. The van der Waals surface area contributed by atoms with E-state index in [1.807, 2.05) is 18.5 Å². The monoisotopic (exact) mass is 389 g/mol. The molecule has 2 rings (SSSR count). The number of nitrogens with zero attached hydrogens (tertiary/aromatic N) is 1. The number of benzene rings is 1. The number of aromatic nitrogens is 1. The second-order valence-electron chi connectivity index (χ2n) is 4.51. The highest BCUT2D eigenvalue weighted by Gasteiger charge is 2.22. The van der Waals surface area contributed by atoms with Gasteiger partial charge in [-0.3, -0.25) is 0 Å². The molecule has 114 valence electrons. The molecule has 0 saturated carbocycles. The molecule has 0 bridgehead atoms. The van der Waals surface area contributed by atoms with Gasteiger partial charge in [-0.15, -0.1) is 11.3 Å². The summed E-state index contributed by atoms with van der Waals surface area (Å²) in [7, 11) is -1.80. The fraction of sp³-hybridized carbons (Fsp3) is 0.308. The molecule has 5 nitrogen and oxygen atoms in total. The molecule has 1 unspecified atom stereocenters. The fourth-order valence-electron chi connectivity index (χ4n) is 1.86. The van der Waals surface area contributed by atoms with Crippen molar-refractivity contribution in [3.8, 4) is 0 Å². The van der Waals surface area contributed by atoms with Crippen LogP contribution in [0.25, 0.3) is 0 Å². The van der Waals surface area contributed by atoms with E-state index < -0.39 is 10.0 Å². The van der Waals surface area contributed by atoms with Crippen LogP contribution in [0.1, 0.15) is 23.5 Å². The van der Waals surface area contributed by atoms with Gasteiger partial charge in [-0.1, -0.05) is 6.07 Å². The molecule has 1 atom stereocenters. The summed E-state index contributed by atoms with van der Waals surface area (Å²) in [6.45, 7) is 2.39. The summed E-state index contributed by atoms with van der Waals surface area (Å²) in [6, 6.07) is 4.92. The van der Waals surface area contributed by atoms with E-state index in [-0.39, 0.29) is 10.9 Å². The minimum atomic E-state index is -3.62. The van der Waals surface area contributed by atoms with E-state index in [9.17, 15) is 8.42 Å². The molecule has 0 spiro atoms. The van der Waals surface area contributed by atoms with Crippen molar-refractivity contribution in [1.29, 1.82) is 0 Å². The van der Waals surface area contributed by atoms with Crippen LogP contribution < -0.4 is 10.0 Å². The Kier molecular flexibility index (Phi) is 5.50. The molecule has 21 heavy (non-hydrogen) atoms. The highest BCUT2D eigenvalue weighted by Crippen LogP contribution is 2.25. The van der Waals surface area contributed by atoms with Gasteiger partial charge in [0.05, 0.1) is 10.9 Å². The fourth-order valence-corrected chi connectivity index (χ4v) is 4.80. The maximum Gasteiger partial charge on any atom is 0.242 e. The van der Waals surface area contributed by atoms with E-state index in [1.54, 1.807) is 25.3 Å². The first kappa shape index (κ1) is 16.6. The first-order valence-electron chi connectivity index (χ1n) is 6.29. The van der Waals surface area contributed by atoms with Gasteiger partial charge < -0.3 is 5.32 Å². The van der Waals surface area contributed by atoms with Crippen molar-refractivity contribution in [2.24, 2.45) is 0 Å². The van der Waals surface area contributed by atoms with Gasteiger partial charge in [0.1, 0.15) is 5.01 Å². The molecule has 0 aliphatic carbocycles. The summed E-state index contributed by atoms with van der Waals surface area (Å²) in [5, 5.41) is 5.57. The van der Waals surface area contributed by atoms with Crippen molar-refractivity contribution >= 4 is 37.3 Å². The number of sulfonamides is 1. The molecular formula is C13H16BrN3O2S2. The lowest BCUT2D eigenvalue weighted by atomic mass is 10.2. The maximum absolute atomic E-state index is 12.5. The Hall–Kier alpha value is -0.800. The molecule has 0 saturated heterocycles. The number of thiazole rings is 1. The maximum atomic E-state index is 12.5. The number of halogens is 1. The Morgan fingerprint density at radius 2 is 2.19 bits per heavy atom. The molecule has 1 heterocycles. The smallest absolute Gasteiger partial charge is 0.242 e. The van der Waals surface area contributed by atoms with Crippen LogP contribution in [0.2, 0.25) is 0 Å². The van der Waals surface area contributed by atoms with Gasteiger partial charge in [0, 0.05) is 22.6 Å². The predicted octanol–water partition coefficient (Wildman–Crippen LogP) is 2.66. The molecule has 2 N–H and O–H groups in total. The van der Waals surface area contributed by atoms with Crippen molar-refractivity contribution in [3.05, 3.63) is 44.8 Å². The lowest BCUT2D eigenvalue weighted by Gasteiger charge is -2.14. The molecule has 0 amide bonds. The number of hydrogen-bond donors (Lipinski definition) is 2. The second kappa shape index (κ2) is 6.97. The zero-order valence-electron chi connectivity index (χ0n) is 11.6. The molecule has 1 aromatic carbocycles. The lowest BCUT2D eigenvalue weighted by Crippen LogP contribution is -2.27. The predicted molar refractivity (Wildman–Crippen MR) is 87.8 cm³/mol. The lowest BCUT2D eigenvalue weighted by molar-refractivity contribution is 0.565. The van der Waals surface area contributed by atoms with Crippen molar-refractivity contribution < 1.29 is 8.42 Å². The normalized spacial score (nSPS) is 13.3. The Balaban J connectivity index is 2.28. The third kappa shape index (κ3) is 4.10. The highest BCUT2D eigenvalue weighted by molar-refractivity contribution is 9.10. The molecule has 8 heteroatoms. The molecule has 0 fully saturated rings. The van der Waals surface area contributed by atoms with Crippen molar-refractivity contribution in [2.45, 2.75) is 24.4 Å². The van der Waals surface area contributed by atoms with E-state index in [4.69, 9.17) is 0 Å². The first-order valence-corrected chi connectivity index (χ1v) is 9.44. The SMILES string of the molecule is CNCc1ccc(Br)c(S(=O)(=O)NC(C)c2nccs2)c1. The van der Waals surface area contributed by atoms with Crippen LogP contribution in [0, 0.1) is 0 Å². The Labute approximate surface area is 137 Å². The standard InChI is InChI=1S/C13H16BrN3O2S2/c1-9(13-16-5-6-20-13)17-21(18,19)12-7-10(8-15-2)3-4-11(12)14/h3-7,9,15,17H,8H2,1-2H3. The highest BCUT2D eigenvalue weighted by atomic mass is 79.9. The van der Waals surface area contributed by atoms with Gasteiger partial charge in [0.25, 0.3) is 0 Å². The Bertz CT molecular complexity index is 702. The summed E-state index contributed by atoms with van der Waals surface area (Å²) in [6.07, 6.45) is 1.66. The summed E-state index contributed by atoms with van der Waals surface area (Å²) in [5.41, 5.74) is 0.906. The molecule has 0 aliphatic rings. The van der Waals surface area contributed by atoms with Gasteiger partial charge in [-0.2, -0.15) is 0 Å². The summed E-state index contributed by atoms with van der Waals surface area (Å²) < 4.78 is 28.3. The third-order valence-corrected chi connectivity index (χ3v) is 6.31. The summed E-state index contributed by atoms with van der Waals surface area (Å²) >= 11 is 4.73. The summed E-state index contributed by atoms with van der Waals surface area (Å²) in [4.78, 5) is 4.37. The van der Waals surface area contributed by atoms with Crippen molar-refractivity contribution in [1.82, 2.24) is 15.0 Å². The van der Waals surface area contributed by atoms with Crippen LogP contribution in [0.4, 0.5) is 0 Å². The molecule has 0 radical (unpaired) electrons. The van der Waals surface area contributed by atoms with Crippen LogP contribution >= 0.6 is 27.3 Å². The van der Waals surface area contributed by atoms with Crippen molar-refractivity contribution in [3.63, 3.8) is 0 Å². The van der Waals surface area contributed by atoms with Gasteiger partial charge in [-0.25, -0.2) is 18.1 Å². The quantitative estimate of drug-likeness (QED) is 0.796. The van der Waals surface area contributed by atoms with Gasteiger partial charge >= 0.3 is 0 Å². The molecule has 1 aromatic heterocycles. The first-order chi connectivity index (χ1) is 9.94. The van der Waals surface area contributed by atoms with Crippen LogP contribution in [0.5, 0.6) is 0 Å². The zero-order chi connectivity index (χ0) is 15.5. The van der Waals surface area contributed by atoms with Crippen molar-refractivity contribution in [2.75, 3.05) is 7.05 Å². The molecule has 2 aromatic rings. The minimum Gasteiger partial charge on any atom is -0.316 e. The topological polar surface area (TPSA) is 71.1 Å². The number of hydrogen-bond acceptors (Lipinski definition) is 5. The average molecular weight is 390 g/mol. The van der Waals surface area contributed by atoms with E-state index in [2.05, 4.69) is 31.0 Å². The van der Waals surface area contributed by atoms with Crippen LogP contribution in [-0.4, -0.2) is 20.4 Å². The van der Waals surface area contributed by atoms with Crippen LogP contribution in [-0.2, 0) is 16.6 Å². The van der Waals surface area contributed by atoms with Crippen LogP contribution in [0.15, 0.2) is 39.1 Å². The van der Waals surface area contributed by atoms with Gasteiger partial charge in [0.15, 0.2) is 0 Å². The molecule has 0 aliphatic heterocycles. The number of rotatable bonds is 6. The summed E-state index contributed by atoms with van der Waals surface area (Å²) in [5.74, 6) is 0. The van der Waals surface area contributed by atoms with E-state index in [1.165, 1.54) is 11.3 Å². The largest absolute Gasteiger partial charge is 0.316 e. The minimum absolute atomic E-state index is 0.235. The van der Waals surface area contributed by atoms with E-state index in [0.29, 0.717) is 11.0 Å². The van der Waals surface area contributed by atoms with Crippen LogP contribution in [0.3, 0.4) is 0 Å². The van der Waals surface area contributed by atoms with E-state index in [0.717, 1.165) is 10.6 Å². The van der Waals surface area contributed by atoms with Gasteiger partial charge in [0.2, 0.25) is 10.0 Å². The third-order valence-electron chi connectivity index (χ3n) is 2.82. The second-order valence-corrected chi connectivity index (χ2v) is 7.97. The zero-order valence-corrected chi connectivity index (χ0v) is 14.8. The number of nitrogens with one attached hydrogen (secondary N) is 2. The Morgan fingerprint density at radius 3 is 2.81 bits per heavy atom. The average Bonchev–Trinajstić information content (AvgIpc) is 2.94. The van der Waals surface area contributed by atoms with E-state index >= 15 is 0 Å².